The summed E-state index contributed by atoms with van der Waals surface area (Å²) in [5.74, 6) is 3.48. The van der Waals surface area contributed by atoms with E-state index in [0.717, 1.165) is 35.3 Å². The van der Waals surface area contributed by atoms with Crippen LogP contribution in [0.15, 0.2) is 60.7 Å². The Morgan fingerprint density at radius 3 is 2.00 bits per heavy atom. The lowest BCUT2D eigenvalue weighted by Gasteiger charge is -2.40. The van der Waals surface area contributed by atoms with E-state index in [0.29, 0.717) is 23.0 Å². The molecule has 172 valence electrons. The molecule has 1 atom stereocenters. The minimum atomic E-state index is -0.576. The van der Waals surface area contributed by atoms with Crippen molar-refractivity contribution in [2.24, 2.45) is 0 Å². The van der Waals surface area contributed by atoms with Crippen molar-refractivity contribution in [2.45, 2.75) is 25.4 Å². The van der Waals surface area contributed by atoms with E-state index in [9.17, 15) is 0 Å². The maximum Gasteiger partial charge on any atom is 0.161 e. The lowest BCUT2D eigenvalue weighted by Crippen LogP contribution is -2.34. The third kappa shape index (κ3) is 4.23. The Hall–Kier alpha value is -3.60. The van der Waals surface area contributed by atoms with Crippen LogP contribution in [0.1, 0.15) is 35.6 Å². The molecule has 0 amide bonds. The van der Waals surface area contributed by atoms with Gasteiger partial charge in [-0.2, -0.15) is 0 Å². The molecule has 0 saturated carbocycles. The first-order chi connectivity index (χ1) is 16.1. The SMILES string of the molecule is CCC1(Cc2ccccc2)OC(c2ccc(OC)c(OC)c2)=Cc2cc(OC)c(OC)cc21. The fourth-order valence-corrected chi connectivity index (χ4v) is 4.42. The molecule has 1 unspecified atom stereocenters. The van der Waals surface area contributed by atoms with E-state index >= 15 is 0 Å². The van der Waals surface area contributed by atoms with Gasteiger partial charge in [0.2, 0.25) is 0 Å². The van der Waals surface area contributed by atoms with Gasteiger partial charge in [0.15, 0.2) is 23.0 Å². The predicted octanol–water partition coefficient (Wildman–Crippen LogP) is 6.10. The van der Waals surface area contributed by atoms with Crippen molar-refractivity contribution in [2.75, 3.05) is 28.4 Å². The summed E-state index contributed by atoms with van der Waals surface area (Å²) < 4.78 is 29.0. The highest BCUT2D eigenvalue weighted by Gasteiger charge is 2.39. The Kier molecular flexibility index (Phi) is 6.50. The average Bonchev–Trinajstić information content (AvgIpc) is 2.87. The highest BCUT2D eigenvalue weighted by molar-refractivity contribution is 5.83. The second kappa shape index (κ2) is 9.49. The normalized spacial score (nSPS) is 16.8. The van der Waals surface area contributed by atoms with Crippen LogP contribution in [0.4, 0.5) is 0 Å². The summed E-state index contributed by atoms with van der Waals surface area (Å²) in [5.41, 5.74) is 3.66. The van der Waals surface area contributed by atoms with Crippen LogP contribution in [-0.2, 0) is 16.8 Å². The van der Waals surface area contributed by atoms with Crippen molar-refractivity contribution in [3.05, 3.63) is 82.9 Å². The third-order valence-electron chi connectivity index (χ3n) is 6.21. The lowest BCUT2D eigenvalue weighted by atomic mass is 9.80. The molecule has 33 heavy (non-hydrogen) atoms. The smallest absolute Gasteiger partial charge is 0.161 e. The fraction of sp³-hybridized carbons (Fsp3) is 0.286. The molecule has 0 aromatic heterocycles. The zero-order valence-corrected chi connectivity index (χ0v) is 19.8. The molecule has 5 nitrogen and oxygen atoms in total. The van der Waals surface area contributed by atoms with Gasteiger partial charge in [-0.05, 0) is 54.0 Å². The molecule has 1 heterocycles. The van der Waals surface area contributed by atoms with Gasteiger partial charge in [-0.1, -0.05) is 37.3 Å². The van der Waals surface area contributed by atoms with Crippen molar-refractivity contribution in [3.8, 4) is 23.0 Å². The molecular weight excluding hydrogens is 416 g/mol. The molecule has 0 aliphatic carbocycles. The van der Waals surface area contributed by atoms with Crippen LogP contribution in [0.5, 0.6) is 23.0 Å². The first-order valence-corrected chi connectivity index (χ1v) is 11.0. The van der Waals surface area contributed by atoms with Gasteiger partial charge in [0, 0.05) is 17.5 Å². The second-order valence-electron chi connectivity index (χ2n) is 7.99. The lowest BCUT2D eigenvalue weighted by molar-refractivity contribution is 0.0291. The predicted molar refractivity (Wildman–Crippen MR) is 130 cm³/mol. The molecule has 5 heteroatoms. The van der Waals surface area contributed by atoms with Gasteiger partial charge >= 0.3 is 0 Å². The zero-order valence-electron chi connectivity index (χ0n) is 19.8. The molecule has 0 N–H and O–H groups in total. The van der Waals surface area contributed by atoms with E-state index in [1.54, 1.807) is 28.4 Å². The van der Waals surface area contributed by atoms with Gasteiger partial charge in [0.1, 0.15) is 11.4 Å². The van der Waals surface area contributed by atoms with Gasteiger partial charge in [0.05, 0.1) is 28.4 Å². The summed E-state index contributed by atoms with van der Waals surface area (Å²) in [4.78, 5) is 0. The average molecular weight is 447 g/mol. The van der Waals surface area contributed by atoms with Crippen molar-refractivity contribution < 1.29 is 23.7 Å². The summed E-state index contributed by atoms with van der Waals surface area (Å²) in [6, 6.07) is 20.3. The van der Waals surface area contributed by atoms with Crippen molar-refractivity contribution >= 4 is 11.8 Å². The largest absolute Gasteiger partial charge is 0.493 e. The van der Waals surface area contributed by atoms with Crippen LogP contribution in [0.25, 0.3) is 11.8 Å². The molecule has 1 aliphatic rings. The van der Waals surface area contributed by atoms with E-state index in [1.807, 2.05) is 36.4 Å². The van der Waals surface area contributed by atoms with Gasteiger partial charge < -0.3 is 23.7 Å². The standard InChI is InChI=1S/C28H30O5/c1-6-28(18-19-10-8-7-9-11-19)22-17-27(32-5)26(31-4)16-21(22)15-24(33-28)20-12-13-23(29-2)25(14-20)30-3/h7-17H,6,18H2,1-5H3. The number of fused-ring (bicyclic) bond motifs is 1. The minimum absolute atomic E-state index is 0.576. The number of rotatable bonds is 8. The van der Waals surface area contributed by atoms with E-state index in [4.69, 9.17) is 23.7 Å². The highest BCUT2D eigenvalue weighted by Crippen LogP contribution is 2.48. The van der Waals surface area contributed by atoms with E-state index in [2.05, 4.69) is 37.3 Å². The maximum atomic E-state index is 6.85. The summed E-state index contributed by atoms with van der Waals surface area (Å²) in [6.45, 7) is 2.15. The van der Waals surface area contributed by atoms with E-state index < -0.39 is 5.60 Å². The van der Waals surface area contributed by atoms with Gasteiger partial charge in [-0.25, -0.2) is 0 Å². The topological polar surface area (TPSA) is 46.2 Å². The van der Waals surface area contributed by atoms with Crippen LogP contribution in [0, 0.1) is 0 Å². The van der Waals surface area contributed by atoms with Crippen LogP contribution >= 0.6 is 0 Å². The molecule has 0 fully saturated rings. The van der Waals surface area contributed by atoms with Gasteiger partial charge in [0.25, 0.3) is 0 Å². The van der Waals surface area contributed by atoms with Crippen LogP contribution in [0.2, 0.25) is 0 Å². The zero-order chi connectivity index (χ0) is 23.4. The van der Waals surface area contributed by atoms with Crippen LogP contribution < -0.4 is 18.9 Å². The van der Waals surface area contributed by atoms with Crippen molar-refractivity contribution in [3.63, 3.8) is 0 Å². The minimum Gasteiger partial charge on any atom is -0.493 e. The summed E-state index contributed by atoms with van der Waals surface area (Å²) >= 11 is 0. The van der Waals surface area contributed by atoms with E-state index in [-0.39, 0.29) is 0 Å². The number of hydrogen-bond donors (Lipinski definition) is 0. The number of hydrogen-bond acceptors (Lipinski definition) is 5. The van der Waals surface area contributed by atoms with E-state index in [1.165, 1.54) is 5.56 Å². The van der Waals surface area contributed by atoms with Crippen molar-refractivity contribution in [1.82, 2.24) is 0 Å². The second-order valence-corrected chi connectivity index (χ2v) is 7.99. The number of methoxy groups -OCH3 is 4. The molecule has 0 saturated heterocycles. The fourth-order valence-electron chi connectivity index (χ4n) is 4.42. The van der Waals surface area contributed by atoms with Crippen molar-refractivity contribution in [1.29, 1.82) is 0 Å². The van der Waals surface area contributed by atoms with Crippen LogP contribution in [0.3, 0.4) is 0 Å². The Morgan fingerprint density at radius 2 is 1.36 bits per heavy atom. The summed E-state index contributed by atoms with van der Waals surface area (Å²) in [6.07, 6.45) is 3.55. The monoisotopic (exact) mass is 446 g/mol. The molecular formula is C28H30O5. The van der Waals surface area contributed by atoms with Gasteiger partial charge in [-0.15, -0.1) is 0 Å². The molecule has 3 aromatic carbocycles. The maximum absolute atomic E-state index is 6.85. The van der Waals surface area contributed by atoms with Crippen LogP contribution in [-0.4, -0.2) is 28.4 Å². The van der Waals surface area contributed by atoms with Gasteiger partial charge in [-0.3, -0.25) is 0 Å². The Morgan fingerprint density at radius 1 is 0.727 bits per heavy atom. The Balaban J connectivity index is 1.90. The first-order valence-electron chi connectivity index (χ1n) is 11.0. The first kappa shape index (κ1) is 22.6. The molecule has 3 aromatic rings. The number of benzene rings is 3. The highest BCUT2D eigenvalue weighted by atomic mass is 16.5. The molecule has 0 bridgehead atoms. The summed E-state index contributed by atoms with van der Waals surface area (Å²) in [5, 5.41) is 0. The number of ether oxygens (including phenoxy) is 5. The Labute approximate surface area is 195 Å². The molecule has 0 radical (unpaired) electrons. The molecule has 0 spiro atoms. The summed E-state index contributed by atoms with van der Waals surface area (Å²) in [7, 11) is 6.57. The molecule has 4 rings (SSSR count). The Bertz CT molecular complexity index is 1150. The molecule has 1 aliphatic heterocycles. The third-order valence-corrected chi connectivity index (χ3v) is 6.21. The quantitative estimate of drug-likeness (QED) is 0.419.